The molecule has 3 aromatic rings. The zero-order valence-electron chi connectivity index (χ0n) is 20.0. The third-order valence-electron chi connectivity index (χ3n) is 7.71. The Labute approximate surface area is 204 Å². The predicted molar refractivity (Wildman–Crippen MR) is 133 cm³/mol. The van der Waals surface area contributed by atoms with Crippen LogP contribution >= 0.6 is 0 Å². The first kappa shape index (κ1) is 23.4. The van der Waals surface area contributed by atoms with Crippen molar-refractivity contribution in [3.05, 3.63) is 64.3 Å². The minimum absolute atomic E-state index is 0.0403. The van der Waals surface area contributed by atoms with Crippen molar-refractivity contribution in [1.82, 2.24) is 9.88 Å². The van der Waals surface area contributed by atoms with Crippen LogP contribution in [-0.2, 0) is 17.8 Å². The molecule has 7 nitrogen and oxygen atoms in total. The van der Waals surface area contributed by atoms with Crippen molar-refractivity contribution in [3.8, 4) is 5.75 Å². The molecule has 0 radical (unpaired) electrons. The lowest BCUT2D eigenvalue weighted by atomic mass is 9.79. The van der Waals surface area contributed by atoms with Gasteiger partial charge in [0, 0.05) is 28.2 Å². The Balaban J connectivity index is 1.41. The van der Waals surface area contributed by atoms with Crippen molar-refractivity contribution >= 4 is 22.8 Å². The van der Waals surface area contributed by atoms with E-state index in [1.807, 2.05) is 13.0 Å². The van der Waals surface area contributed by atoms with E-state index in [1.165, 1.54) is 37.8 Å². The van der Waals surface area contributed by atoms with Gasteiger partial charge >= 0.3 is 11.9 Å². The third-order valence-corrected chi connectivity index (χ3v) is 7.71. The summed E-state index contributed by atoms with van der Waals surface area (Å²) in [5.41, 5.74) is 3.72. The second-order valence-electron chi connectivity index (χ2n) is 9.89. The SMILES string of the molecule is Cc1[nH]c2ccc(O)c(CC3CCCN4CCCCC34)c2c1C(=O)OCc1ccc(C(=O)O)cc1. The molecule has 1 aromatic heterocycles. The van der Waals surface area contributed by atoms with Gasteiger partial charge in [-0.1, -0.05) is 18.6 Å². The van der Waals surface area contributed by atoms with E-state index in [9.17, 15) is 14.7 Å². The quantitative estimate of drug-likeness (QED) is 0.431. The van der Waals surface area contributed by atoms with Crippen molar-refractivity contribution in [1.29, 1.82) is 0 Å². The molecule has 3 heterocycles. The highest BCUT2D eigenvalue weighted by Gasteiger charge is 2.34. The number of carboxylic acids is 1. The van der Waals surface area contributed by atoms with Crippen LogP contribution in [0.1, 0.15) is 69.6 Å². The van der Waals surface area contributed by atoms with Gasteiger partial charge in [0.05, 0.1) is 11.1 Å². The highest BCUT2D eigenvalue weighted by molar-refractivity contribution is 6.07. The van der Waals surface area contributed by atoms with E-state index >= 15 is 0 Å². The molecule has 2 aromatic carbocycles. The Kier molecular flexibility index (Phi) is 6.52. The van der Waals surface area contributed by atoms with E-state index in [0.717, 1.165) is 42.4 Å². The van der Waals surface area contributed by atoms with Gasteiger partial charge in [-0.25, -0.2) is 9.59 Å². The standard InChI is InChI=1S/C28H32N2O5/c1-17-25(28(34)35-16-18-7-9-19(10-8-18)27(32)33)26-21(24(31)12-11-22(26)29-17)15-20-5-4-14-30-13-3-2-6-23(20)30/h7-12,20,23,29,31H,2-6,13-16H2,1H3,(H,32,33). The normalized spacial score (nSPS) is 20.5. The van der Waals surface area contributed by atoms with Gasteiger partial charge in [0.2, 0.25) is 0 Å². The molecule has 35 heavy (non-hydrogen) atoms. The number of hydrogen-bond donors (Lipinski definition) is 3. The molecule has 2 unspecified atom stereocenters. The van der Waals surface area contributed by atoms with Gasteiger partial charge in [0.15, 0.2) is 0 Å². The molecule has 5 rings (SSSR count). The average molecular weight is 477 g/mol. The van der Waals surface area contributed by atoms with Crippen molar-refractivity contribution < 1.29 is 24.5 Å². The highest BCUT2D eigenvalue weighted by Crippen LogP contribution is 2.39. The number of H-pyrrole nitrogens is 1. The molecule has 2 aliphatic heterocycles. The zero-order chi connectivity index (χ0) is 24.5. The molecular weight excluding hydrogens is 444 g/mol. The number of benzene rings is 2. The smallest absolute Gasteiger partial charge is 0.340 e. The van der Waals surface area contributed by atoms with Crippen LogP contribution in [0.15, 0.2) is 36.4 Å². The summed E-state index contributed by atoms with van der Waals surface area (Å²) < 4.78 is 5.64. The maximum Gasteiger partial charge on any atom is 0.340 e. The molecule has 0 saturated carbocycles. The number of aromatic amines is 1. The van der Waals surface area contributed by atoms with Crippen LogP contribution in [-0.4, -0.2) is 51.2 Å². The van der Waals surface area contributed by atoms with E-state index in [1.54, 1.807) is 18.2 Å². The second kappa shape index (κ2) is 9.74. The predicted octanol–water partition coefficient (Wildman–Crippen LogP) is 5.04. The summed E-state index contributed by atoms with van der Waals surface area (Å²) in [7, 11) is 0. The van der Waals surface area contributed by atoms with E-state index < -0.39 is 11.9 Å². The Morgan fingerprint density at radius 1 is 1.06 bits per heavy atom. The second-order valence-corrected chi connectivity index (χ2v) is 9.89. The Hall–Kier alpha value is -3.32. The average Bonchev–Trinajstić information content (AvgIpc) is 3.21. The Morgan fingerprint density at radius 2 is 1.83 bits per heavy atom. The molecule has 3 N–H and O–H groups in total. The van der Waals surface area contributed by atoms with Crippen LogP contribution in [0.25, 0.3) is 10.9 Å². The summed E-state index contributed by atoms with van der Waals surface area (Å²) in [4.78, 5) is 30.2. The highest BCUT2D eigenvalue weighted by atomic mass is 16.5. The number of aromatic hydroxyl groups is 1. The lowest BCUT2D eigenvalue weighted by Crippen LogP contribution is -2.48. The van der Waals surface area contributed by atoms with Crippen LogP contribution in [0.2, 0.25) is 0 Å². The Morgan fingerprint density at radius 3 is 2.60 bits per heavy atom. The van der Waals surface area contributed by atoms with Crippen molar-refractivity contribution in [2.24, 2.45) is 5.92 Å². The van der Waals surface area contributed by atoms with Gasteiger partial charge in [0.25, 0.3) is 0 Å². The number of phenols is 1. The van der Waals surface area contributed by atoms with Crippen molar-refractivity contribution in [3.63, 3.8) is 0 Å². The number of nitrogens with one attached hydrogen (secondary N) is 1. The molecule has 2 aliphatic rings. The molecule has 2 fully saturated rings. The number of piperidine rings is 2. The van der Waals surface area contributed by atoms with Crippen LogP contribution in [0.5, 0.6) is 5.75 Å². The summed E-state index contributed by atoms with van der Waals surface area (Å²) in [5, 5.41) is 20.7. The van der Waals surface area contributed by atoms with Crippen LogP contribution < -0.4 is 0 Å². The monoisotopic (exact) mass is 476 g/mol. The molecule has 0 aliphatic carbocycles. The topological polar surface area (TPSA) is 103 Å². The number of nitrogens with zero attached hydrogens (tertiary/aromatic N) is 1. The van der Waals surface area contributed by atoms with E-state index in [-0.39, 0.29) is 17.9 Å². The maximum absolute atomic E-state index is 13.2. The zero-order valence-corrected chi connectivity index (χ0v) is 20.0. The summed E-state index contributed by atoms with van der Waals surface area (Å²) in [6.45, 7) is 4.21. The number of carboxylic acid groups (broad SMARTS) is 1. The van der Waals surface area contributed by atoms with Crippen LogP contribution in [0.3, 0.4) is 0 Å². The van der Waals surface area contributed by atoms with Gasteiger partial charge in [-0.15, -0.1) is 0 Å². The fraction of sp³-hybridized carbons (Fsp3) is 0.429. The number of rotatable bonds is 6. The minimum atomic E-state index is -0.996. The molecular formula is C28H32N2O5. The molecule has 0 spiro atoms. The summed E-state index contributed by atoms with van der Waals surface area (Å²) in [6.07, 6.45) is 6.74. The number of hydrogen-bond acceptors (Lipinski definition) is 5. The summed E-state index contributed by atoms with van der Waals surface area (Å²) in [6, 6.07) is 10.4. The number of fused-ring (bicyclic) bond motifs is 2. The molecule has 2 atom stereocenters. The van der Waals surface area contributed by atoms with E-state index in [0.29, 0.717) is 28.8 Å². The number of carbonyl (C=O) groups excluding carboxylic acids is 1. The number of aryl methyl sites for hydroxylation is 1. The first-order chi connectivity index (χ1) is 16.9. The van der Waals surface area contributed by atoms with Gasteiger partial charge in [-0.05, 0) is 87.9 Å². The molecule has 0 amide bonds. The fourth-order valence-electron chi connectivity index (χ4n) is 5.98. The van der Waals surface area contributed by atoms with Gasteiger partial charge in [0.1, 0.15) is 12.4 Å². The number of carbonyl (C=O) groups is 2. The molecule has 7 heteroatoms. The van der Waals surface area contributed by atoms with E-state index in [2.05, 4.69) is 9.88 Å². The Bertz CT molecular complexity index is 1240. The van der Waals surface area contributed by atoms with Crippen molar-refractivity contribution in [2.45, 2.75) is 58.1 Å². The number of aromatic carboxylic acids is 1. The lowest BCUT2D eigenvalue weighted by molar-refractivity contribution is 0.0473. The number of phenolic OH excluding ortho intramolecular Hbond substituents is 1. The minimum Gasteiger partial charge on any atom is -0.508 e. The van der Waals surface area contributed by atoms with Gasteiger partial charge in [-0.3, -0.25) is 0 Å². The summed E-state index contributed by atoms with van der Waals surface area (Å²) in [5.74, 6) is -0.773. The maximum atomic E-state index is 13.2. The van der Waals surface area contributed by atoms with Crippen LogP contribution in [0, 0.1) is 12.8 Å². The molecule has 0 bridgehead atoms. The lowest BCUT2D eigenvalue weighted by Gasteiger charge is -2.44. The molecule has 2 saturated heterocycles. The first-order valence-corrected chi connectivity index (χ1v) is 12.5. The molecule has 184 valence electrons. The first-order valence-electron chi connectivity index (χ1n) is 12.5. The largest absolute Gasteiger partial charge is 0.508 e. The van der Waals surface area contributed by atoms with Gasteiger partial charge < -0.3 is 24.8 Å². The summed E-state index contributed by atoms with van der Waals surface area (Å²) >= 11 is 0. The number of esters is 1. The fourth-order valence-corrected chi connectivity index (χ4v) is 5.98. The van der Waals surface area contributed by atoms with Crippen molar-refractivity contribution in [2.75, 3.05) is 13.1 Å². The van der Waals surface area contributed by atoms with Gasteiger partial charge in [-0.2, -0.15) is 0 Å². The van der Waals surface area contributed by atoms with Crippen LogP contribution in [0.4, 0.5) is 0 Å². The number of aromatic nitrogens is 1. The third kappa shape index (κ3) is 4.65. The number of ether oxygens (including phenoxy) is 1. The van der Waals surface area contributed by atoms with E-state index in [4.69, 9.17) is 9.84 Å².